The van der Waals surface area contributed by atoms with E-state index in [0.29, 0.717) is 5.92 Å². The maximum absolute atomic E-state index is 14.0. The Hall–Kier alpha value is -0.890. The molecule has 18 heavy (non-hydrogen) atoms. The van der Waals surface area contributed by atoms with Crippen molar-refractivity contribution in [2.45, 2.75) is 39.5 Å². The molecule has 0 heterocycles. The first kappa shape index (κ1) is 13.5. The number of hydrogen-bond acceptors (Lipinski definition) is 1. The topological polar surface area (TPSA) is 12.0 Å². The lowest BCUT2D eigenvalue weighted by Crippen LogP contribution is -2.21. The normalized spacial score (nSPS) is 29.3. The van der Waals surface area contributed by atoms with E-state index in [1.54, 1.807) is 12.1 Å². The van der Waals surface area contributed by atoms with Gasteiger partial charge < -0.3 is 5.32 Å². The Bertz CT molecular complexity index is 427. The van der Waals surface area contributed by atoms with Crippen LogP contribution < -0.4 is 5.32 Å². The van der Waals surface area contributed by atoms with E-state index in [1.165, 1.54) is 0 Å². The summed E-state index contributed by atoms with van der Waals surface area (Å²) in [7, 11) is 0. The molecule has 0 saturated heterocycles. The molecule has 0 spiro atoms. The number of halogens is 1. The first-order chi connectivity index (χ1) is 8.46. The van der Waals surface area contributed by atoms with Gasteiger partial charge in [0.05, 0.1) is 0 Å². The molecule has 0 amide bonds. The summed E-state index contributed by atoms with van der Waals surface area (Å²) in [6, 6.07) is 7.22. The van der Waals surface area contributed by atoms with E-state index in [-0.39, 0.29) is 16.6 Å². The largest absolute Gasteiger partial charge is 0.316 e. The zero-order valence-corrected chi connectivity index (χ0v) is 11.9. The van der Waals surface area contributed by atoms with Gasteiger partial charge >= 0.3 is 0 Å². The minimum atomic E-state index is -0.0638. The number of benzene rings is 1. The van der Waals surface area contributed by atoms with Crippen molar-refractivity contribution < 1.29 is 4.39 Å². The van der Waals surface area contributed by atoms with Gasteiger partial charge in [0.15, 0.2) is 0 Å². The fourth-order valence-corrected chi connectivity index (χ4v) is 3.40. The van der Waals surface area contributed by atoms with Gasteiger partial charge in [-0.05, 0) is 42.5 Å². The molecule has 0 radical (unpaired) electrons. The van der Waals surface area contributed by atoms with Crippen LogP contribution in [0.15, 0.2) is 24.3 Å². The molecule has 1 aliphatic rings. The predicted molar refractivity (Wildman–Crippen MR) is 74.2 cm³/mol. The van der Waals surface area contributed by atoms with E-state index in [2.05, 4.69) is 33.0 Å². The van der Waals surface area contributed by atoms with Crippen LogP contribution in [0.1, 0.15) is 39.7 Å². The number of nitrogens with one attached hydrogen (secondary N) is 1. The zero-order valence-electron chi connectivity index (χ0n) is 11.9. The fraction of sp³-hybridized carbons (Fsp3) is 0.625. The van der Waals surface area contributed by atoms with Gasteiger partial charge in [0.1, 0.15) is 5.82 Å². The molecule has 0 aromatic heterocycles. The summed E-state index contributed by atoms with van der Waals surface area (Å²) in [6.07, 6.45) is 1.14. The quantitative estimate of drug-likeness (QED) is 0.784. The standard InChI is InChI=1S/C16H24FN/c1-5-10-18-11-14-15(2,3)16(14,4)12-8-6-7-9-13(12)17/h6-9,14,18H,5,10-11H2,1-4H3. The smallest absolute Gasteiger partial charge is 0.126 e. The molecule has 2 rings (SSSR count). The van der Waals surface area contributed by atoms with Crippen LogP contribution in [0.3, 0.4) is 0 Å². The molecule has 1 fully saturated rings. The minimum Gasteiger partial charge on any atom is -0.316 e. The fourth-order valence-electron chi connectivity index (χ4n) is 3.40. The highest BCUT2D eigenvalue weighted by molar-refractivity contribution is 5.40. The molecule has 1 saturated carbocycles. The van der Waals surface area contributed by atoms with Crippen LogP contribution >= 0.6 is 0 Å². The van der Waals surface area contributed by atoms with Gasteiger partial charge in [0.2, 0.25) is 0 Å². The molecule has 1 aromatic rings. The van der Waals surface area contributed by atoms with Crippen LogP contribution in [-0.4, -0.2) is 13.1 Å². The second-order valence-corrected chi connectivity index (χ2v) is 6.16. The van der Waals surface area contributed by atoms with E-state index in [4.69, 9.17) is 0 Å². The lowest BCUT2D eigenvalue weighted by atomic mass is 9.89. The highest BCUT2D eigenvalue weighted by Crippen LogP contribution is 2.69. The summed E-state index contributed by atoms with van der Waals surface area (Å²) in [5, 5.41) is 3.47. The van der Waals surface area contributed by atoms with E-state index in [1.807, 2.05) is 12.1 Å². The van der Waals surface area contributed by atoms with Crippen molar-refractivity contribution in [2.24, 2.45) is 11.3 Å². The van der Waals surface area contributed by atoms with E-state index in [0.717, 1.165) is 25.1 Å². The first-order valence-corrected chi connectivity index (χ1v) is 6.92. The Morgan fingerprint density at radius 2 is 1.89 bits per heavy atom. The molecule has 1 nitrogen and oxygen atoms in total. The Balaban J connectivity index is 2.19. The third kappa shape index (κ3) is 1.87. The van der Waals surface area contributed by atoms with E-state index in [9.17, 15) is 4.39 Å². The van der Waals surface area contributed by atoms with Crippen molar-refractivity contribution in [3.63, 3.8) is 0 Å². The van der Waals surface area contributed by atoms with Crippen LogP contribution in [-0.2, 0) is 5.41 Å². The molecule has 0 bridgehead atoms. The van der Waals surface area contributed by atoms with Gasteiger partial charge in [0.25, 0.3) is 0 Å². The summed E-state index contributed by atoms with van der Waals surface area (Å²) in [4.78, 5) is 0. The van der Waals surface area contributed by atoms with Gasteiger partial charge in [-0.25, -0.2) is 4.39 Å². The van der Waals surface area contributed by atoms with Crippen molar-refractivity contribution >= 4 is 0 Å². The lowest BCUT2D eigenvalue weighted by Gasteiger charge is -2.16. The summed E-state index contributed by atoms with van der Waals surface area (Å²) >= 11 is 0. The SMILES string of the molecule is CCCNCC1C(C)(C)C1(C)c1ccccc1F. The molecule has 100 valence electrons. The Morgan fingerprint density at radius 3 is 2.50 bits per heavy atom. The summed E-state index contributed by atoms with van der Waals surface area (Å²) in [5.41, 5.74) is 0.993. The van der Waals surface area contributed by atoms with Crippen molar-refractivity contribution in [3.8, 4) is 0 Å². The molecular weight excluding hydrogens is 225 g/mol. The van der Waals surface area contributed by atoms with Crippen molar-refractivity contribution in [2.75, 3.05) is 13.1 Å². The number of hydrogen-bond donors (Lipinski definition) is 1. The average Bonchev–Trinajstić information content (AvgIpc) is 2.76. The molecule has 1 aliphatic carbocycles. The highest BCUT2D eigenvalue weighted by Gasteiger charge is 2.68. The van der Waals surface area contributed by atoms with E-state index < -0.39 is 0 Å². The summed E-state index contributed by atoms with van der Waals surface area (Å²) in [6.45, 7) is 10.9. The molecule has 2 heteroatoms. The van der Waals surface area contributed by atoms with Gasteiger partial charge in [-0.1, -0.05) is 45.9 Å². The molecular formula is C16H24FN. The van der Waals surface area contributed by atoms with Crippen LogP contribution in [0.2, 0.25) is 0 Å². The third-order valence-corrected chi connectivity index (χ3v) is 5.03. The van der Waals surface area contributed by atoms with Gasteiger partial charge in [-0.3, -0.25) is 0 Å². The van der Waals surface area contributed by atoms with Gasteiger partial charge in [-0.2, -0.15) is 0 Å². The van der Waals surface area contributed by atoms with Gasteiger partial charge in [0, 0.05) is 5.41 Å². The molecule has 0 aliphatic heterocycles. The second kappa shape index (κ2) is 4.65. The summed E-state index contributed by atoms with van der Waals surface area (Å²) in [5.74, 6) is 0.444. The van der Waals surface area contributed by atoms with Crippen LogP contribution in [0.4, 0.5) is 4.39 Å². The maximum atomic E-state index is 14.0. The van der Waals surface area contributed by atoms with Gasteiger partial charge in [-0.15, -0.1) is 0 Å². The second-order valence-electron chi connectivity index (χ2n) is 6.16. The number of rotatable bonds is 5. The maximum Gasteiger partial charge on any atom is 0.126 e. The molecule has 2 unspecified atom stereocenters. The minimum absolute atomic E-state index is 0.0426. The van der Waals surface area contributed by atoms with Crippen LogP contribution in [0, 0.1) is 17.2 Å². The average molecular weight is 249 g/mol. The molecule has 2 atom stereocenters. The van der Waals surface area contributed by atoms with Crippen molar-refractivity contribution in [3.05, 3.63) is 35.6 Å². The third-order valence-electron chi connectivity index (χ3n) is 5.03. The van der Waals surface area contributed by atoms with Crippen LogP contribution in [0.25, 0.3) is 0 Å². The Labute approximate surface area is 110 Å². The van der Waals surface area contributed by atoms with E-state index >= 15 is 0 Å². The van der Waals surface area contributed by atoms with Crippen molar-refractivity contribution in [1.29, 1.82) is 0 Å². The zero-order chi connectivity index (χ0) is 13.4. The monoisotopic (exact) mass is 249 g/mol. The van der Waals surface area contributed by atoms with Crippen LogP contribution in [0.5, 0.6) is 0 Å². The molecule has 1 aromatic carbocycles. The van der Waals surface area contributed by atoms with Crippen molar-refractivity contribution in [1.82, 2.24) is 5.32 Å². The summed E-state index contributed by atoms with van der Waals surface area (Å²) < 4.78 is 14.0. The Kier molecular flexibility index (Phi) is 3.50. The highest BCUT2D eigenvalue weighted by atomic mass is 19.1. The Morgan fingerprint density at radius 1 is 1.22 bits per heavy atom. The predicted octanol–water partition coefficient (Wildman–Crippen LogP) is 3.74. The lowest BCUT2D eigenvalue weighted by molar-refractivity contribution is 0.493. The molecule has 1 N–H and O–H groups in total. The first-order valence-electron chi connectivity index (χ1n) is 6.92.